The van der Waals surface area contributed by atoms with Crippen molar-refractivity contribution in [3.63, 3.8) is 0 Å². The Labute approximate surface area is 163 Å². The van der Waals surface area contributed by atoms with Gasteiger partial charge in [0.25, 0.3) is 0 Å². The SMILES string of the molecule is CC(C)OP(=O)(OCCOCCOP(=O)(OC(C)C)OC(C)C)OC(C)C. The number of phosphoric acid groups is 2. The molecule has 11 heteroatoms. The molecule has 164 valence electrons. The Bertz CT molecular complexity index is 411. The first-order valence-electron chi connectivity index (χ1n) is 9.18. The van der Waals surface area contributed by atoms with Crippen LogP contribution >= 0.6 is 15.6 Å². The lowest BCUT2D eigenvalue weighted by molar-refractivity contribution is 0.0254. The van der Waals surface area contributed by atoms with E-state index in [4.69, 9.17) is 31.9 Å². The highest BCUT2D eigenvalue weighted by Gasteiger charge is 2.30. The van der Waals surface area contributed by atoms with Crippen molar-refractivity contribution in [1.82, 2.24) is 0 Å². The van der Waals surface area contributed by atoms with Crippen LogP contribution in [0.15, 0.2) is 0 Å². The Hall–Kier alpha value is 0.180. The number of ether oxygens (including phenoxy) is 1. The molecule has 0 N–H and O–H groups in total. The maximum absolute atomic E-state index is 12.4. The highest BCUT2D eigenvalue weighted by molar-refractivity contribution is 7.48. The zero-order valence-electron chi connectivity index (χ0n) is 17.7. The second-order valence-corrected chi connectivity index (χ2v) is 9.94. The van der Waals surface area contributed by atoms with E-state index in [1.807, 2.05) is 0 Å². The molecule has 0 aliphatic carbocycles. The van der Waals surface area contributed by atoms with Crippen molar-refractivity contribution >= 4 is 15.6 Å². The largest absolute Gasteiger partial charge is 0.475 e. The molecular formula is C16H36O9P2. The van der Waals surface area contributed by atoms with Gasteiger partial charge in [0.05, 0.1) is 50.8 Å². The normalized spacial score (nSPS) is 13.5. The van der Waals surface area contributed by atoms with Gasteiger partial charge < -0.3 is 4.74 Å². The zero-order valence-corrected chi connectivity index (χ0v) is 19.5. The summed E-state index contributed by atoms with van der Waals surface area (Å²) in [6.07, 6.45) is -1.22. The zero-order chi connectivity index (χ0) is 21.1. The van der Waals surface area contributed by atoms with Crippen molar-refractivity contribution in [3.05, 3.63) is 0 Å². The van der Waals surface area contributed by atoms with Crippen LogP contribution in [0.1, 0.15) is 55.4 Å². The van der Waals surface area contributed by atoms with E-state index in [1.165, 1.54) is 0 Å². The van der Waals surface area contributed by atoms with Gasteiger partial charge in [-0.3, -0.25) is 27.1 Å². The Kier molecular flexibility index (Phi) is 13.5. The summed E-state index contributed by atoms with van der Waals surface area (Å²) in [5, 5.41) is 0. The molecular weight excluding hydrogens is 398 g/mol. The van der Waals surface area contributed by atoms with Gasteiger partial charge in [0, 0.05) is 0 Å². The molecule has 0 saturated carbocycles. The molecule has 0 spiro atoms. The van der Waals surface area contributed by atoms with E-state index in [1.54, 1.807) is 55.4 Å². The Morgan fingerprint density at radius 2 is 0.778 bits per heavy atom. The Balaban J connectivity index is 4.22. The van der Waals surface area contributed by atoms with Gasteiger partial charge >= 0.3 is 15.6 Å². The highest BCUT2D eigenvalue weighted by Crippen LogP contribution is 2.52. The summed E-state index contributed by atoms with van der Waals surface area (Å²) in [6, 6.07) is 0. The third-order valence-electron chi connectivity index (χ3n) is 2.31. The second-order valence-electron chi connectivity index (χ2n) is 6.79. The van der Waals surface area contributed by atoms with E-state index in [0.29, 0.717) is 0 Å². The maximum atomic E-state index is 12.4. The molecule has 0 aliphatic heterocycles. The standard InChI is InChI=1S/C16H36O9P2/c1-13(2)22-26(17,23-14(3)4)20-11-9-19-10-12-21-27(18,24-15(5)6)25-16(7)8/h13-16H,9-12H2,1-8H3. The van der Waals surface area contributed by atoms with Crippen molar-refractivity contribution in [2.45, 2.75) is 79.8 Å². The van der Waals surface area contributed by atoms with Crippen LogP contribution in [0.25, 0.3) is 0 Å². The van der Waals surface area contributed by atoms with Crippen LogP contribution < -0.4 is 0 Å². The summed E-state index contributed by atoms with van der Waals surface area (Å²) in [4.78, 5) is 0. The van der Waals surface area contributed by atoms with Crippen LogP contribution in [0.2, 0.25) is 0 Å². The number of rotatable bonds is 16. The van der Waals surface area contributed by atoms with Gasteiger partial charge in [-0.2, -0.15) is 0 Å². The molecule has 0 unspecified atom stereocenters. The first-order chi connectivity index (χ1) is 12.4. The lowest BCUT2D eigenvalue weighted by Crippen LogP contribution is -2.14. The molecule has 0 heterocycles. The molecule has 0 saturated heterocycles. The smallest absolute Gasteiger partial charge is 0.377 e. The van der Waals surface area contributed by atoms with Crippen LogP contribution in [-0.4, -0.2) is 50.8 Å². The van der Waals surface area contributed by atoms with E-state index in [-0.39, 0.29) is 50.8 Å². The van der Waals surface area contributed by atoms with Gasteiger partial charge in [-0.1, -0.05) is 0 Å². The monoisotopic (exact) mass is 434 g/mol. The Morgan fingerprint density at radius 1 is 0.519 bits per heavy atom. The molecule has 27 heavy (non-hydrogen) atoms. The Morgan fingerprint density at radius 3 is 1.00 bits per heavy atom. The number of hydrogen-bond acceptors (Lipinski definition) is 9. The van der Waals surface area contributed by atoms with Gasteiger partial charge in [-0.05, 0) is 55.4 Å². The van der Waals surface area contributed by atoms with Gasteiger partial charge in [-0.25, -0.2) is 9.13 Å². The fourth-order valence-electron chi connectivity index (χ4n) is 1.72. The molecule has 0 bridgehead atoms. The summed E-state index contributed by atoms with van der Waals surface area (Å²) in [7, 11) is -7.28. The number of phosphoric ester groups is 2. The third kappa shape index (κ3) is 14.8. The molecule has 0 aliphatic rings. The molecule has 0 aromatic heterocycles. The van der Waals surface area contributed by atoms with Crippen molar-refractivity contribution in [2.75, 3.05) is 26.4 Å². The van der Waals surface area contributed by atoms with E-state index in [0.717, 1.165) is 0 Å². The summed E-state index contributed by atoms with van der Waals surface area (Å²) in [5.74, 6) is 0. The molecule has 0 aromatic carbocycles. The predicted octanol–water partition coefficient (Wildman–Crippen LogP) is 4.95. The quantitative estimate of drug-likeness (QED) is 0.247. The summed E-state index contributed by atoms with van der Waals surface area (Å²) in [5.41, 5.74) is 0. The third-order valence-corrected chi connectivity index (χ3v) is 6.03. The first kappa shape index (κ1) is 27.2. The van der Waals surface area contributed by atoms with Crippen molar-refractivity contribution < 1.29 is 41.0 Å². The molecule has 0 amide bonds. The topological polar surface area (TPSA) is 98.8 Å². The predicted molar refractivity (Wildman–Crippen MR) is 103 cm³/mol. The van der Waals surface area contributed by atoms with E-state index < -0.39 is 15.6 Å². The fourth-order valence-corrected chi connectivity index (χ4v) is 4.73. The van der Waals surface area contributed by atoms with Crippen LogP contribution in [-0.2, 0) is 41.0 Å². The van der Waals surface area contributed by atoms with E-state index in [9.17, 15) is 9.13 Å². The average Bonchev–Trinajstić information content (AvgIpc) is 2.42. The van der Waals surface area contributed by atoms with Gasteiger partial charge in [0.2, 0.25) is 0 Å². The van der Waals surface area contributed by atoms with Gasteiger partial charge in [-0.15, -0.1) is 0 Å². The minimum Gasteiger partial charge on any atom is -0.377 e. The van der Waals surface area contributed by atoms with Crippen LogP contribution in [0, 0.1) is 0 Å². The summed E-state index contributed by atoms with van der Waals surface area (Å²) >= 11 is 0. The van der Waals surface area contributed by atoms with Crippen molar-refractivity contribution in [2.24, 2.45) is 0 Å². The van der Waals surface area contributed by atoms with Crippen LogP contribution in [0.4, 0.5) is 0 Å². The van der Waals surface area contributed by atoms with Crippen molar-refractivity contribution in [3.8, 4) is 0 Å². The molecule has 0 rings (SSSR count). The number of hydrogen-bond donors (Lipinski definition) is 0. The molecule has 0 atom stereocenters. The molecule has 9 nitrogen and oxygen atoms in total. The van der Waals surface area contributed by atoms with Crippen molar-refractivity contribution in [1.29, 1.82) is 0 Å². The molecule has 0 radical (unpaired) electrons. The minimum atomic E-state index is -3.64. The minimum absolute atomic E-state index is 0.0133. The van der Waals surface area contributed by atoms with Crippen LogP contribution in [0.5, 0.6) is 0 Å². The van der Waals surface area contributed by atoms with E-state index >= 15 is 0 Å². The van der Waals surface area contributed by atoms with Gasteiger partial charge in [0.1, 0.15) is 0 Å². The highest BCUT2D eigenvalue weighted by atomic mass is 31.2. The first-order valence-corrected chi connectivity index (χ1v) is 12.1. The lowest BCUT2D eigenvalue weighted by atomic mass is 10.5. The second kappa shape index (κ2) is 13.4. The fraction of sp³-hybridized carbons (Fsp3) is 1.00. The summed E-state index contributed by atoms with van der Waals surface area (Å²) < 4.78 is 61.7. The van der Waals surface area contributed by atoms with Gasteiger partial charge in [0.15, 0.2) is 0 Å². The maximum Gasteiger partial charge on any atom is 0.475 e. The van der Waals surface area contributed by atoms with Crippen LogP contribution in [0.3, 0.4) is 0 Å². The summed E-state index contributed by atoms with van der Waals surface area (Å²) in [6.45, 7) is 14.2. The van der Waals surface area contributed by atoms with E-state index in [2.05, 4.69) is 0 Å². The molecule has 0 aromatic rings. The lowest BCUT2D eigenvalue weighted by Gasteiger charge is -2.22. The molecule has 0 fully saturated rings. The average molecular weight is 434 g/mol.